The van der Waals surface area contributed by atoms with Crippen LogP contribution in [0.5, 0.6) is 5.75 Å². The molecule has 0 heterocycles. The van der Waals surface area contributed by atoms with Crippen molar-refractivity contribution in [2.24, 2.45) is 5.92 Å². The second-order valence-corrected chi connectivity index (χ2v) is 14.1. The number of hydrogen-bond donors (Lipinski definition) is 3. The number of nitrogens with zero attached hydrogens (tertiary/aromatic N) is 1. The number of amides is 3. The highest BCUT2D eigenvalue weighted by Gasteiger charge is 2.23. The van der Waals surface area contributed by atoms with Gasteiger partial charge in [-0.2, -0.15) is 0 Å². The molecule has 3 N–H and O–H groups in total. The first kappa shape index (κ1) is 36.9. The summed E-state index contributed by atoms with van der Waals surface area (Å²) in [5.74, 6) is -0.618. The van der Waals surface area contributed by atoms with Crippen LogP contribution in [0.2, 0.25) is 0 Å². The largest absolute Gasteiger partial charge is 0.497 e. The van der Waals surface area contributed by atoms with Crippen molar-refractivity contribution in [1.82, 2.24) is 10.2 Å². The predicted octanol–water partition coefficient (Wildman–Crippen LogP) is 6.05. The molecule has 0 saturated heterocycles. The number of carbonyl (C=O) groups is 3. The molecule has 0 aliphatic carbocycles. The second-order valence-electron chi connectivity index (χ2n) is 12.4. The topological polar surface area (TPSA) is 143 Å². The van der Waals surface area contributed by atoms with Gasteiger partial charge in [0, 0.05) is 36.4 Å². The van der Waals surface area contributed by atoms with E-state index in [0.29, 0.717) is 48.5 Å². The fourth-order valence-electron chi connectivity index (χ4n) is 4.68. The van der Waals surface area contributed by atoms with Crippen molar-refractivity contribution >= 4 is 39.3 Å². The van der Waals surface area contributed by atoms with Crippen LogP contribution in [0.25, 0.3) is 0 Å². The van der Waals surface area contributed by atoms with Gasteiger partial charge in [-0.25, -0.2) is 13.2 Å². The minimum Gasteiger partial charge on any atom is -0.497 e. The molecule has 0 spiro atoms. The van der Waals surface area contributed by atoms with Gasteiger partial charge in [-0.3, -0.25) is 19.6 Å². The van der Waals surface area contributed by atoms with Gasteiger partial charge in [-0.05, 0) is 94.0 Å². The lowest BCUT2D eigenvalue weighted by molar-refractivity contribution is -0.131. The normalized spacial score (nSPS) is 12.0. The third-order valence-corrected chi connectivity index (χ3v) is 8.19. The summed E-state index contributed by atoms with van der Waals surface area (Å²) in [6.07, 6.45) is 1.30. The van der Waals surface area contributed by atoms with Crippen molar-refractivity contribution in [1.29, 1.82) is 0 Å². The Morgan fingerprint density at radius 1 is 0.915 bits per heavy atom. The molecule has 0 aromatic heterocycles. The van der Waals surface area contributed by atoms with Crippen LogP contribution in [0.3, 0.4) is 0 Å². The molecular weight excluding hydrogens is 620 g/mol. The Labute approximate surface area is 278 Å². The Kier molecular flexibility index (Phi) is 13.6. The molecular formula is C35H46N4O7S. The Morgan fingerprint density at radius 2 is 1.62 bits per heavy atom. The van der Waals surface area contributed by atoms with Crippen molar-refractivity contribution in [2.75, 3.05) is 36.1 Å². The fraction of sp³-hybridized carbons (Fsp3) is 0.400. The van der Waals surface area contributed by atoms with Gasteiger partial charge in [-0.1, -0.05) is 43.3 Å². The number of sulfonamides is 1. The van der Waals surface area contributed by atoms with E-state index < -0.39 is 27.6 Å². The van der Waals surface area contributed by atoms with E-state index in [-0.39, 0.29) is 30.7 Å². The summed E-state index contributed by atoms with van der Waals surface area (Å²) in [5, 5.41) is 5.48. The molecule has 1 unspecified atom stereocenters. The first-order valence-corrected chi connectivity index (χ1v) is 17.2. The van der Waals surface area contributed by atoms with Gasteiger partial charge in [0.05, 0.1) is 7.11 Å². The van der Waals surface area contributed by atoms with Gasteiger partial charge in [0.2, 0.25) is 5.91 Å². The minimum atomic E-state index is -3.89. The Bertz CT molecular complexity index is 1570. The van der Waals surface area contributed by atoms with E-state index in [2.05, 4.69) is 15.4 Å². The number of benzene rings is 3. The van der Waals surface area contributed by atoms with Crippen LogP contribution in [-0.4, -0.2) is 62.9 Å². The molecule has 1 atom stereocenters. The summed E-state index contributed by atoms with van der Waals surface area (Å²) in [4.78, 5) is 39.7. The fourth-order valence-corrected chi connectivity index (χ4v) is 5.92. The van der Waals surface area contributed by atoms with Gasteiger partial charge < -0.3 is 19.7 Å². The molecule has 12 heteroatoms. The number of nitrogens with one attached hydrogen (secondary N) is 3. The monoisotopic (exact) mass is 666 g/mol. The summed E-state index contributed by atoms with van der Waals surface area (Å²) in [5.41, 5.74) is 1.61. The van der Waals surface area contributed by atoms with E-state index in [1.54, 1.807) is 69.3 Å². The first-order chi connectivity index (χ1) is 22.2. The average molecular weight is 667 g/mol. The molecule has 3 aromatic rings. The summed E-state index contributed by atoms with van der Waals surface area (Å²) in [7, 11) is -2.36. The number of ether oxygens (including phenoxy) is 2. The smallest absolute Gasteiger partial charge is 0.412 e. The highest BCUT2D eigenvalue weighted by molar-refractivity contribution is 7.92. The van der Waals surface area contributed by atoms with E-state index in [1.807, 2.05) is 37.3 Å². The molecule has 0 aliphatic rings. The summed E-state index contributed by atoms with van der Waals surface area (Å²) >= 11 is 0. The Balaban J connectivity index is 1.55. The third-order valence-electron chi connectivity index (χ3n) is 6.99. The van der Waals surface area contributed by atoms with Crippen LogP contribution in [0, 0.1) is 5.92 Å². The SMILES string of the molecule is COc1ccc(NS(=O)(=O)CN(CCCc2ccccc2)C(=O)CC(C)CCNC(=O)c2cccc(NC(=O)OC(C)(C)C)c2)cc1. The minimum absolute atomic E-state index is 0.120. The number of methoxy groups -OCH3 is 1. The number of aryl methyl sites for hydroxylation is 1. The molecule has 11 nitrogen and oxygen atoms in total. The third kappa shape index (κ3) is 13.7. The van der Waals surface area contributed by atoms with Crippen molar-refractivity contribution < 1.29 is 32.3 Å². The molecule has 0 aliphatic heterocycles. The Hall–Kier alpha value is -4.58. The zero-order valence-electron chi connectivity index (χ0n) is 27.7. The lowest BCUT2D eigenvalue weighted by Gasteiger charge is -2.24. The molecule has 0 bridgehead atoms. The molecule has 254 valence electrons. The first-order valence-electron chi connectivity index (χ1n) is 15.6. The number of rotatable bonds is 16. The lowest BCUT2D eigenvalue weighted by Crippen LogP contribution is -2.39. The van der Waals surface area contributed by atoms with Gasteiger partial charge in [0.15, 0.2) is 0 Å². The molecule has 3 amide bonds. The molecule has 0 fully saturated rings. The maximum atomic E-state index is 13.4. The van der Waals surface area contributed by atoms with Crippen molar-refractivity contribution in [3.8, 4) is 5.75 Å². The highest BCUT2D eigenvalue weighted by Crippen LogP contribution is 2.18. The number of hydrogen-bond acceptors (Lipinski definition) is 7. The van der Waals surface area contributed by atoms with Crippen LogP contribution >= 0.6 is 0 Å². The standard InChI is InChI=1S/C35H46N4O7S/c1-26(20-21-36-33(41)28-14-9-15-30(24-28)37-34(42)46-35(2,3)4)23-32(40)39(22-10-13-27-11-7-6-8-12-27)25-47(43,44)38-29-16-18-31(45-5)19-17-29/h6-9,11-12,14-19,24,26,38H,10,13,20-23,25H2,1-5H3,(H,36,41)(H,37,42). The van der Waals surface area contributed by atoms with Crippen molar-refractivity contribution in [3.05, 3.63) is 90.0 Å². The van der Waals surface area contributed by atoms with Crippen LogP contribution in [0.4, 0.5) is 16.2 Å². The highest BCUT2D eigenvalue weighted by atomic mass is 32.2. The zero-order valence-corrected chi connectivity index (χ0v) is 28.6. The van der Waals surface area contributed by atoms with Gasteiger partial charge >= 0.3 is 6.09 Å². The predicted molar refractivity (Wildman–Crippen MR) is 184 cm³/mol. The second kappa shape index (κ2) is 17.4. The van der Waals surface area contributed by atoms with Crippen LogP contribution in [-0.2, 0) is 26.0 Å². The number of carbonyl (C=O) groups excluding carboxylic acids is 3. The molecule has 3 rings (SSSR count). The maximum absolute atomic E-state index is 13.4. The lowest BCUT2D eigenvalue weighted by atomic mass is 10.0. The maximum Gasteiger partial charge on any atom is 0.412 e. The van der Waals surface area contributed by atoms with Crippen LogP contribution < -0.4 is 20.1 Å². The van der Waals surface area contributed by atoms with Crippen LogP contribution in [0.1, 0.15) is 62.9 Å². The summed E-state index contributed by atoms with van der Waals surface area (Å²) < 4.78 is 39.1. The summed E-state index contributed by atoms with van der Waals surface area (Å²) in [6, 6.07) is 22.8. The van der Waals surface area contributed by atoms with Gasteiger partial charge in [0.1, 0.15) is 17.2 Å². The molecule has 3 aromatic carbocycles. The van der Waals surface area contributed by atoms with E-state index in [9.17, 15) is 22.8 Å². The van der Waals surface area contributed by atoms with Crippen LogP contribution in [0.15, 0.2) is 78.9 Å². The van der Waals surface area contributed by atoms with Crippen molar-refractivity contribution in [2.45, 2.75) is 59.0 Å². The average Bonchev–Trinajstić information content (AvgIpc) is 3.00. The van der Waals surface area contributed by atoms with Gasteiger partial charge in [0.25, 0.3) is 15.9 Å². The van der Waals surface area contributed by atoms with Gasteiger partial charge in [-0.15, -0.1) is 0 Å². The van der Waals surface area contributed by atoms with Crippen molar-refractivity contribution in [3.63, 3.8) is 0 Å². The Morgan fingerprint density at radius 3 is 2.28 bits per heavy atom. The molecule has 47 heavy (non-hydrogen) atoms. The zero-order chi connectivity index (χ0) is 34.5. The number of anilines is 2. The quantitative estimate of drug-likeness (QED) is 0.169. The van der Waals surface area contributed by atoms with E-state index in [1.165, 1.54) is 12.0 Å². The molecule has 0 radical (unpaired) electrons. The van der Waals surface area contributed by atoms with E-state index >= 15 is 0 Å². The van der Waals surface area contributed by atoms with E-state index in [4.69, 9.17) is 9.47 Å². The molecule has 0 saturated carbocycles. The van der Waals surface area contributed by atoms with E-state index in [0.717, 1.165) is 5.56 Å². The summed E-state index contributed by atoms with van der Waals surface area (Å²) in [6.45, 7) is 7.76.